The number of aliphatic imine (C=N–C) groups is 1. The first-order valence-corrected chi connectivity index (χ1v) is 8.24. The Hall–Kier alpha value is -0.810. The molecule has 24 heavy (non-hydrogen) atoms. The van der Waals surface area contributed by atoms with Crippen LogP contribution in [0.1, 0.15) is 13.8 Å². The van der Waals surface area contributed by atoms with Crippen molar-refractivity contribution in [2.24, 2.45) is 4.99 Å². The van der Waals surface area contributed by atoms with Gasteiger partial charge in [-0.3, -0.25) is 4.99 Å². The number of amides is 1. The minimum absolute atomic E-state index is 0. The monoisotopic (exact) mass is 458 g/mol. The van der Waals surface area contributed by atoms with Gasteiger partial charge in [0.25, 0.3) is 0 Å². The molecule has 0 spiro atoms. The molecule has 0 bridgehead atoms. The number of hydrogen-bond donors (Lipinski definition) is 1. The number of methoxy groups -OCH3 is 1. The van der Waals surface area contributed by atoms with E-state index in [1.165, 1.54) is 0 Å². The Morgan fingerprint density at radius 1 is 1.08 bits per heavy atom. The number of nitrogens with one attached hydrogen (secondary N) is 1. The molecule has 0 radical (unpaired) electrons. The summed E-state index contributed by atoms with van der Waals surface area (Å²) in [6, 6.07) is 0. The molecule has 9 heteroatoms. The molecule has 1 amide bonds. The number of halogens is 1. The number of nitrogens with zero attached hydrogens (tertiary/aromatic N) is 3. The quantitative estimate of drug-likeness (QED) is 0.253. The zero-order valence-corrected chi connectivity index (χ0v) is 17.3. The first kappa shape index (κ1) is 23.2. The zero-order chi connectivity index (χ0) is 16.9. The Kier molecular flexibility index (Phi) is 14.0. The third-order valence-electron chi connectivity index (χ3n) is 3.37. The maximum atomic E-state index is 11.7. The molecule has 142 valence electrons. The Morgan fingerprint density at radius 2 is 1.75 bits per heavy atom. The van der Waals surface area contributed by atoms with Crippen LogP contribution in [-0.4, -0.2) is 94.7 Å². The first-order valence-electron chi connectivity index (χ1n) is 8.24. The molecular formula is C15H31IN4O4. The third-order valence-corrected chi connectivity index (χ3v) is 3.37. The summed E-state index contributed by atoms with van der Waals surface area (Å²) >= 11 is 0. The highest BCUT2D eigenvalue weighted by Gasteiger charge is 2.23. The van der Waals surface area contributed by atoms with Crippen LogP contribution >= 0.6 is 24.0 Å². The SMILES string of the molecule is CCNC(=NCCOCCOC)N1CCN(C(=O)OCC)CC1.I. The highest BCUT2D eigenvalue weighted by Crippen LogP contribution is 2.04. The molecule has 1 fully saturated rings. The van der Waals surface area contributed by atoms with E-state index < -0.39 is 0 Å². The van der Waals surface area contributed by atoms with Gasteiger partial charge in [-0.25, -0.2) is 4.79 Å². The van der Waals surface area contributed by atoms with E-state index in [2.05, 4.69) is 15.2 Å². The molecule has 1 saturated heterocycles. The number of ether oxygens (including phenoxy) is 3. The summed E-state index contributed by atoms with van der Waals surface area (Å²) in [7, 11) is 1.65. The Labute approximate surface area is 161 Å². The van der Waals surface area contributed by atoms with E-state index >= 15 is 0 Å². The van der Waals surface area contributed by atoms with Crippen molar-refractivity contribution in [2.75, 3.05) is 72.8 Å². The normalized spacial score (nSPS) is 15.0. The summed E-state index contributed by atoms with van der Waals surface area (Å²) in [6.45, 7) is 10.2. The summed E-state index contributed by atoms with van der Waals surface area (Å²) in [4.78, 5) is 20.2. The lowest BCUT2D eigenvalue weighted by molar-refractivity contribution is 0.0746. The Morgan fingerprint density at radius 3 is 2.33 bits per heavy atom. The van der Waals surface area contributed by atoms with Crippen molar-refractivity contribution in [2.45, 2.75) is 13.8 Å². The highest BCUT2D eigenvalue weighted by molar-refractivity contribution is 14.0. The maximum Gasteiger partial charge on any atom is 0.409 e. The fraction of sp³-hybridized carbons (Fsp3) is 0.867. The van der Waals surface area contributed by atoms with Crippen LogP contribution in [0.5, 0.6) is 0 Å². The zero-order valence-electron chi connectivity index (χ0n) is 15.0. The van der Waals surface area contributed by atoms with Crippen molar-refractivity contribution in [1.82, 2.24) is 15.1 Å². The lowest BCUT2D eigenvalue weighted by Crippen LogP contribution is -2.54. The fourth-order valence-electron chi connectivity index (χ4n) is 2.20. The summed E-state index contributed by atoms with van der Waals surface area (Å²) < 4.78 is 15.4. The van der Waals surface area contributed by atoms with Crippen LogP contribution in [0, 0.1) is 0 Å². The van der Waals surface area contributed by atoms with Gasteiger partial charge in [0.05, 0.1) is 33.0 Å². The number of piperazine rings is 1. The van der Waals surface area contributed by atoms with E-state index in [-0.39, 0.29) is 30.1 Å². The molecule has 0 aromatic carbocycles. The Bertz CT molecular complexity index is 363. The van der Waals surface area contributed by atoms with Gasteiger partial charge in [-0.15, -0.1) is 24.0 Å². The largest absolute Gasteiger partial charge is 0.450 e. The minimum atomic E-state index is -0.236. The van der Waals surface area contributed by atoms with E-state index in [9.17, 15) is 4.79 Å². The molecule has 1 N–H and O–H groups in total. The molecule has 0 unspecified atom stereocenters. The molecule has 1 aliphatic heterocycles. The second-order valence-electron chi connectivity index (χ2n) is 5.01. The number of carbonyl (C=O) groups is 1. The van der Waals surface area contributed by atoms with Crippen LogP contribution in [0.25, 0.3) is 0 Å². The van der Waals surface area contributed by atoms with Crippen molar-refractivity contribution in [3.8, 4) is 0 Å². The topological polar surface area (TPSA) is 75.6 Å². The minimum Gasteiger partial charge on any atom is -0.450 e. The van der Waals surface area contributed by atoms with Crippen molar-refractivity contribution < 1.29 is 19.0 Å². The Balaban J connectivity index is 0.00000529. The third kappa shape index (κ3) is 8.88. The van der Waals surface area contributed by atoms with E-state index in [4.69, 9.17) is 14.2 Å². The van der Waals surface area contributed by atoms with Gasteiger partial charge >= 0.3 is 6.09 Å². The predicted molar refractivity (Wildman–Crippen MR) is 104 cm³/mol. The van der Waals surface area contributed by atoms with Gasteiger partial charge in [-0.1, -0.05) is 0 Å². The molecule has 1 aliphatic rings. The number of hydrogen-bond acceptors (Lipinski definition) is 5. The molecular weight excluding hydrogens is 427 g/mol. The van der Waals surface area contributed by atoms with Crippen LogP contribution in [0.3, 0.4) is 0 Å². The lowest BCUT2D eigenvalue weighted by atomic mass is 10.3. The molecule has 0 aromatic rings. The summed E-state index contributed by atoms with van der Waals surface area (Å²) in [5.74, 6) is 0.867. The average Bonchev–Trinajstić information content (AvgIpc) is 2.57. The smallest absolute Gasteiger partial charge is 0.409 e. The van der Waals surface area contributed by atoms with Gasteiger partial charge in [-0.05, 0) is 13.8 Å². The summed E-state index contributed by atoms with van der Waals surface area (Å²) in [5, 5.41) is 3.28. The molecule has 0 aromatic heterocycles. The molecule has 0 atom stereocenters. The van der Waals surface area contributed by atoms with Gasteiger partial charge < -0.3 is 29.3 Å². The maximum absolute atomic E-state index is 11.7. The van der Waals surface area contributed by atoms with Crippen LogP contribution in [-0.2, 0) is 14.2 Å². The highest BCUT2D eigenvalue weighted by atomic mass is 127. The second-order valence-corrected chi connectivity index (χ2v) is 5.01. The van der Waals surface area contributed by atoms with Gasteiger partial charge in [0.1, 0.15) is 0 Å². The van der Waals surface area contributed by atoms with Gasteiger partial charge in [0, 0.05) is 39.8 Å². The van der Waals surface area contributed by atoms with Crippen LogP contribution < -0.4 is 5.32 Å². The molecule has 0 aliphatic carbocycles. The van der Waals surface area contributed by atoms with E-state index in [0.717, 1.165) is 25.6 Å². The van der Waals surface area contributed by atoms with Crippen LogP contribution in [0.2, 0.25) is 0 Å². The van der Waals surface area contributed by atoms with Crippen LogP contribution in [0.15, 0.2) is 4.99 Å². The second kappa shape index (κ2) is 14.5. The van der Waals surface area contributed by atoms with Crippen molar-refractivity contribution in [3.63, 3.8) is 0 Å². The fourth-order valence-corrected chi connectivity index (χ4v) is 2.20. The van der Waals surface area contributed by atoms with Crippen molar-refractivity contribution >= 4 is 36.0 Å². The average molecular weight is 458 g/mol. The van der Waals surface area contributed by atoms with Crippen molar-refractivity contribution in [1.29, 1.82) is 0 Å². The number of guanidine groups is 1. The lowest BCUT2D eigenvalue weighted by Gasteiger charge is -2.35. The van der Waals surface area contributed by atoms with E-state index in [1.807, 2.05) is 13.8 Å². The van der Waals surface area contributed by atoms with Gasteiger partial charge in [-0.2, -0.15) is 0 Å². The standard InChI is InChI=1S/C15H30N4O4.HI/c1-4-16-14(17-6-11-22-13-12-21-3)18-7-9-19(10-8-18)15(20)23-5-2;/h4-13H2,1-3H3,(H,16,17);1H. The van der Waals surface area contributed by atoms with Crippen molar-refractivity contribution in [3.05, 3.63) is 0 Å². The molecule has 1 heterocycles. The van der Waals surface area contributed by atoms with Gasteiger partial charge in [0.15, 0.2) is 5.96 Å². The van der Waals surface area contributed by atoms with Crippen LogP contribution in [0.4, 0.5) is 4.79 Å². The summed E-state index contributed by atoms with van der Waals surface area (Å²) in [5.41, 5.74) is 0. The predicted octanol–water partition coefficient (Wildman–Crippen LogP) is 1.01. The van der Waals surface area contributed by atoms with E-state index in [0.29, 0.717) is 46.1 Å². The number of carbonyl (C=O) groups excluding carboxylic acids is 1. The number of rotatable bonds is 8. The first-order chi connectivity index (χ1) is 11.2. The molecule has 0 saturated carbocycles. The van der Waals surface area contributed by atoms with Gasteiger partial charge in [0.2, 0.25) is 0 Å². The summed E-state index contributed by atoms with van der Waals surface area (Å²) in [6.07, 6.45) is -0.236. The van der Waals surface area contributed by atoms with E-state index in [1.54, 1.807) is 12.0 Å². The molecule has 1 rings (SSSR count). The molecule has 8 nitrogen and oxygen atoms in total.